The van der Waals surface area contributed by atoms with Crippen molar-refractivity contribution in [2.75, 3.05) is 12.4 Å². The zero-order valence-corrected chi connectivity index (χ0v) is 17.3. The number of aryl methyl sites for hydroxylation is 1. The average Bonchev–Trinajstić information content (AvgIpc) is 3.30. The van der Waals surface area contributed by atoms with Gasteiger partial charge in [0.2, 0.25) is 11.8 Å². The summed E-state index contributed by atoms with van der Waals surface area (Å²) in [5.41, 5.74) is 2.94. The molecule has 2 N–H and O–H groups in total. The van der Waals surface area contributed by atoms with E-state index in [-0.39, 0.29) is 17.0 Å². The van der Waals surface area contributed by atoms with Crippen LogP contribution < -0.4 is 5.32 Å². The summed E-state index contributed by atoms with van der Waals surface area (Å²) in [6.45, 7) is 1.96. The van der Waals surface area contributed by atoms with Gasteiger partial charge in [-0.3, -0.25) is 4.79 Å². The molecule has 0 bridgehead atoms. The number of carbonyl (C=O) groups excluding carboxylic acids is 2. The summed E-state index contributed by atoms with van der Waals surface area (Å²) in [6.07, 6.45) is 0. The lowest BCUT2D eigenvalue weighted by atomic mass is 10.1. The number of rotatable bonds is 5. The number of hydrogen-bond acceptors (Lipinski definition) is 7. The topological polar surface area (TPSA) is 115 Å². The predicted octanol–water partition coefficient (Wildman–Crippen LogP) is 4.46. The van der Waals surface area contributed by atoms with E-state index in [0.29, 0.717) is 22.9 Å². The van der Waals surface area contributed by atoms with Gasteiger partial charge in [0.15, 0.2) is 5.75 Å². The molecule has 0 atom stereocenters. The maximum Gasteiger partial charge on any atom is 0.341 e. The minimum absolute atomic E-state index is 0.0403. The van der Waals surface area contributed by atoms with Gasteiger partial charge in [0.25, 0.3) is 5.91 Å². The van der Waals surface area contributed by atoms with Gasteiger partial charge in [-0.25, -0.2) is 4.79 Å². The normalized spacial score (nSPS) is 10.6. The lowest BCUT2D eigenvalue weighted by Crippen LogP contribution is -2.13. The van der Waals surface area contributed by atoms with Gasteiger partial charge in [-0.05, 0) is 55.0 Å². The summed E-state index contributed by atoms with van der Waals surface area (Å²) >= 11 is 0. The van der Waals surface area contributed by atoms with Crippen molar-refractivity contribution < 1.29 is 23.8 Å². The number of benzene rings is 3. The molecule has 0 saturated carbocycles. The Morgan fingerprint density at radius 3 is 2.38 bits per heavy atom. The van der Waals surface area contributed by atoms with Crippen molar-refractivity contribution in [3.05, 3.63) is 83.4 Å². The van der Waals surface area contributed by atoms with E-state index in [9.17, 15) is 14.7 Å². The molecule has 0 aliphatic carbocycles. The highest BCUT2D eigenvalue weighted by Gasteiger charge is 2.17. The highest BCUT2D eigenvalue weighted by molar-refractivity contribution is 6.06. The molecule has 4 rings (SSSR count). The Hall–Kier alpha value is -4.46. The molecule has 3 aromatic carbocycles. The molecule has 0 saturated heterocycles. The quantitative estimate of drug-likeness (QED) is 0.356. The Kier molecular flexibility index (Phi) is 5.67. The lowest BCUT2D eigenvalue weighted by molar-refractivity contribution is 0.0597. The van der Waals surface area contributed by atoms with E-state index in [0.717, 1.165) is 11.1 Å². The Morgan fingerprint density at radius 1 is 0.938 bits per heavy atom. The van der Waals surface area contributed by atoms with Crippen LogP contribution in [0, 0.1) is 6.92 Å². The van der Waals surface area contributed by atoms with Crippen LogP contribution in [-0.2, 0) is 4.74 Å². The number of methoxy groups -OCH3 is 1. The summed E-state index contributed by atoms with van der Waals surface area (Å²) in [5, 5.41) is 21.1. The van der Waals surface area contributed by atoms with Crippen LogP contribution in [0.3, 0.4) is 0 Å². The molecule has 0 spiro atoms. The molecule has 1 aromatic heterocycles. The minimum Gasteiger partial charge on any atom is -0.505 e. The number of aromatic nitrogens is 2. The molecule has 4 aromatic rings. The number of para-hydroxylation sites is 1. The zero-order valence-electron chi connectivity index (χ0n) is 17.3. The fourth-order valence-corrected chi connectivity index (χ4v) is 3.14. The number of nitrogens with zero attached hydrogens (tertiary/aromatic N) is 2. The van der Waals surface area contributed by atoms with Crippen LogP contribution in [0.2, 0.25) is 0 Å². The van der Waals surface area contributed by atoms with Crippen LogP contribution in [0.25, 0.3) is 22.9 Å². The van der Waals surface area contributed by atoms with Gasteiger partial charge < -0.3 is 19.6 Å². The van der Waals surface area contributed by atoms with Gasteiger partial charge in [-0.1, -0.05) is 24.3 Å². The number of hydrogen-bond donors (Lipinski definition) is 2. The molecule has 0 aliphatic rings. The molecule has 0 aliphatic heterocycles. The van der Waals surface area contributed by atoms with Crippen LogP contribution in [0.15, 0.2) is 71.1 Å². The maximum absolute atomic E-state index is 12.6. The van der Waals surface area contributed by atoms with Crippen molar-refractivity contribution in [2.45, 2.75) is 6.92 Å². The molecule has 1 heterocycles. The van der Waals surface area contributed by atoms with Crippen LogP contribution in [-0.4, -0.2) is 34.3 Å². The number of carbonyl (C=O) groups is 2. The Labute approximate surface area is 183 Å². The van der Waals surface area contributed by atoms with Crippen LogP contribution in [0.5, 0.6) is 5.75 Å². The first-order chi connectivity index (χ1) is 15.5. The lowest BCUT2D eigenvalue weighted by Gasteiger charge is -2.10. The first-order valence-corrected chi connectivity index (χ1v) is 9.69. The van der Waals surface area contributed by atoms with E-state index in [4.69, 9.17) is 4.42 Å². The van der Waals surface area contributed by atoms with Crippen LogP contribution >= 0.6 is 0 Å². The summed E-state index contributed by atoms with van der Waals surface area (Å²) in [7, 11) is 1.21. The number of anilines is 1. The standard InChI is InChI=1S/C24H19N3O5/c1-14-6-3-4-7-17(14)23-27-26-22(32-23)16-12-10-15(11-13-16)21(29)25-19-9-5-8-18(20(19)28)24(30)31-2/h3-13,28H,1-2H3,(H,25,29). The van der Waals surface area contributed by atoms with Gasteiger partial charge >= 0.3 is 5.97 Å². The first kappa shape index (κ1) is 20.8. The molecular formula is C24H19N3O5. The summed E-state index contributed by atoms with van der Waals surface area (Å²) in [6, 6.07) is 18.7. The Bertz CT molecular complexity index is 1300. The van der Waals surface area contributed by atoms with Crippen molar-refractivity contribution in [1.29, 1.82) is 0 Å². The predicted molar refractivity (Wildman–Crippen MR) is 117 cm³/mol. The largest absolute Gasteiger partial charge is 0.505 e. The van der Waals surface area contributed by atoms with E-state index in [2.05, 4.69) is 20.3 Å². The summed E-state index contributed by atoms with van der Waals surface area (Å²) in [5.74, 6) is -0.772. The Morgan fingerprint density at radius 2 is 1.66 bits per heavy atom. The number of esters is 1. The second kappa shape index (κ2) is 8.73. The van der Waals surface area contributed by atoms with Gasteiger partial charge in [0, 0.05) is 16.7 Å². The molecule has 0 fully saturated rings. The minimum atomic E-state index is -0.701. The highest BCUT2D eigenvalue weighted by Crippen LogP contribution is 2.29. The number of aromatic hydroxyl groups is 1. The monoisotopic (exact) mass is 429 g/mol. The molecule has 32 heavy (non-hydrogen) atoms. The molecule has 1 amide bonds. The van der Waals surface area contributed by atoms with E-state index in [1.165, 1.54) is 25.3 Å². The third-order valence-corrected chi connectivity index (χ3v) is 4.88. The SMILES string of the molecule is COC(=O)c1cccc(NC(=O)c2ccc(-c3nnc(-c4ccccc4C)o3)cc2)c1O. The highest BCUT2D eigenvalue weighted by atomic mass is 16.5. The molecule has 8 heteroatoms. The second-order valence-electron chi connectivity index (χ2n) is 6.95. The van der Waals surface area contributed by atoms with E-state index in [1.807, 2.05) is 31.2 Å². The van der Waals surface area contributed by atoms with Crippen LogP contribution in [0.4, 0.5) is 5.69 Å². The van der Waals surface area contributed by atoms with Gasteiger partial charge in [-0.15, -0.1) is 10.2 Å². The third kappa shape index (κ3) is 4.06. The average molecular weight is 429 g/mol. The van der Waals surface area contributed by atoms with Crippen molar-refractivity contribution in [3.63, 3.8) is 0 Å². The summed E-state index contributed by atoms with van der Waals surface area (Å²) < 4.78 is 10.4. The smallest absolute Gasteiger partial charge is 0.341 e. The van der Waals surface area contributed by atoms with Gasteiger partial charge in [0.05, 0.1) is 12.8 Å². The molecule has 0 unspecified atom stereocenters. The Balaban J connectivity index is 1.52. The third-order valence-electron chi connectivity index (χ3n) is 4.88. The van der Waals surface area contributed by atoms with Crippen molar-refractivity contribution in [2.24, 2.45) is 0 Å². The number of nitrogens with one attached hydrogen (secondary N) is 1. The van der Waals surface area contributed by atoms with Crippen molar-refractivity contribution in [1.82, 2.24) is 10.2 Å². The van der Waals surface area contributed by atoms with E-state index >= 15 is 0 Å². The molecule has 160 valence electrons. The van der Waals surface area contributed by atoms with E-state index in [1.54, 1.807) is 24.3 Å². The van der Waals surface area contributed by atoms with Crippen LogP contribution in [0.1, 0.15) is 26.3 Å². The van der Waals surface area contributed by atoms with Crippen molar-refractivity contribution in [3.8, 4) is 28.7 Å². The fourth-order valence-electron chi connectivity index (χ4n) is 3.14. The van der Waals surface area contributed by atoms with Gasteiger partial charge in [0.1, 0.15) is 5.56 Å². The molecule has 8 nitrogen and oxygen atoms in total. The molecule has 0 radical (unpaired) electrons. The number of phenolic OH excluding ortho intramolecular Hbond substituents is 1. The van der Waals surface area contributed by atoms with E-state index < -0.39 is 11.9 Å². The van der Waals surface area contributed by atoms with Crippen molar-refractivity contribution >= 4 is 17.6 Å². The fraction of sp³-hybridized carbons (Fsp3) is 0.0833. The zero-order chi connectivity index (χ0) is 22.7. The second-order valence-corrected chi connectivity index (χ2v) is 6.95. The number of phenols is 1. The molecular weight excluding hydrogens is 410 g/mol. The number of amides is 1. The van der Waals surface area contributed by atoms with Gasteiger partial charge in [-0.2, -0.15) is 0 Å². The summed E-state index contributed by atoms with van der Waals surface area (Å²) in [4.78, 5) is 24.3. The number of ether oxygens (including phenoxy) is 1. The maximum atomic E-state index is 12.6. The first-order valence-electron chi connectivity index (χ1n) is 9.69.